The van der Waals surface area contributed by atoms with E-state index in [0.717, 1.165) is 5.56 Å². The molecule has 0 aliphatic carbocycles. The Hall–Kier alpha value is -3.39. The largest absolute Gasteiger partial charge is 0.508 e. The number of carbonyl (C=O) groups is 1. The number of hydrogen-bond acceptors (Lipinski definition) is 7. The van der Waals surface area contributed by atoms with Crippen LogP contribution in [0, 0.1) is 0 Å². The molecular weight excluding hydrogens is 392 g/mol. The molecule has 0 fully saturated rings. The van der Waals surface area contributed by atoms with Crippen molar-refractivity contribution < 1.29 is 19.1 Å². The molecule has 0 radical (unpaired) electrons. The number of aromatic nitrogens is 1. The van der Waals surface area contributed by atoms with Gasteiger partial charge in [0, 0.05) is 5.56 Å². The fourth-order valence-corrected chi connectivity index (χ4v) is 4.32. The molecule has 3 aromatic rings. The number of esters is 1. The van der Waals surface area contributed by atoms with E-state index in [4.69, 9.17) is 9.15 Å². The van der Waals surface area contributed by atoms with Crippen molar-refractivity contribution >= 4 is 23.4 Å². The zero-order chi connectivity index (χ0) is 20.5. The molecule has 7 nitrogen and oxygen atoms in total. The Bertz CT molecular complexity index is 1260. The van der Waals surface area contributed by atoms with Crippen molar-refractivity contribution in [1.82, 2.24) is 4.57 Å². The van der Waals surface area contributed by atoms with Crippen molar-refractivity contribution in [2.24, 2.45) is 4.99 Å². The molecule has 8 heteroatoms. The van der Waals surface area contributed by atoms with E-state index in [0.29, 0.717) is 26.2 Å². The lowest BCUT2D eigenvalue weighted by Gasteiger charge is -2.24. The lowest BCUT2D eigenvalue weighted by Crippen LogP contribution is -2.39. The molecule has 0 amide bonds. The van der Waals surface area contributed by atoms with E-state index in [1.807, 2.05) is 0 Å². The Morgan fingerprint density at radius 1 is 1.34 bits per heavy atom. The van der Waals surface area contributed by atoms with Crippen molar-refractivity contribution in [2.45, 2.75) is 19.9 Å². The summed E-state index contributed by atoms with van der Waals surface area (Å²) in [6.07, 6.45) is 4.81. The minimum atomic E-state index is -0.697. The predicted molar refractivity (Wildman–Crippen MR) is 107 cm³/mol. The van der Waals surface area contributed by atoms with Crippen LogP contribution in [0.2, 0.25) is 0 Å². The van der Waals surface area contributed by atoms with Gasteiger partial charge in [-0.15, -0.1) is 0 Å². The first-order chi connectivity index (χ1) is 14.0. The number of carbonyl (C=O) groups excluding carboxylic acids is 1. The Balaban J connectivity index is 1.97. The Morgan fingerprint density at radius 2 is 2.10 bits per heavy atom. The standard InChI is InChI=1S/C21H18N2O5S/c1-3-28-20(26)17-12(2)22-21-23(18(17)14-4-6-15(24)7-5-14)19(25)16(29-21)10-13-8-9-27-11-13/h4-11,18,24H,3H2,1-2H3. The highest BCUT2D eigenvalue weighted by Crippen LogP contribution is 2.31. The van der Waals surface area contributed by atoms with Gasteiger partial charge in [0.25, 0.3) is 5.56 Å². The smallest absolute Gasteiger partial charge is 0.338 e. The summed E-state index contributed by atoms with van der Waals surface area (Å²) >= 11 is 1.24. The highest BCUT2D eigenvalue weighted by atomic mass is 32.1. The first-order valence-corrected chi connectivity index (χ1v) is 9.82. The van der Waals surface area contributed by atoms with E-state index < -0.39 is 12.0 Å². The van der Waals surface area contributed by atoms with E-state index in [-0.39, 0.29) is 17.9 Å². The van der Waals surface area contributed by atoms with Crippen LogP contribution in [-0.4, -0.2) is 22.2 Å². The average Bonchev–Trinajstić information content (AvgIpc) is 3.30. The maximum Gasteiger partial charge on any atom is 0.338 e. The van der Waals surface area contributed by atoms with Gasteiger partial charge >= 0.3 is 5.97 Å². The van der Waals surface area contributed by atoms with Gasteiger partial charge in [0.05, 0.1) is 41.0 Å². The van der Waals surface area contributed by atoms with Crippen LogP contribution in [-0.2, 0) is 9.53 Å². The first kappa shape index (κ1) is 18.9. The molecule has 148 valence electrons. The van der Waals surface area contributed by atoms with E-state index in [1.165, 1.54) is 34.3 Å². The zero-order valence-electron chi connectivity index (χ0n) is 15.8. The lowest BCUT2D eigenvalue weighted by molar-refractivity contribution is -0.139. The molecular formula is C21H18N2O5S. The third-order valence-electron chi connectivity index (χ3n) is 4.57. The molecule has 1 unspecified atom stereocenters. The van der Waals surface area contributed by atoms with E-state index in [1.54, 1.807) is 44.4 Å². The van der Waals surface area contributed by atoms with E-state index in [9.17, 15) is 14.7 Å². The number of fused-ring (bicyclic) bond motifs is 1. The Morgan fingerprint density at radius 3 is 2.76 bits per heavy atom. The highest BCUT2D eigenvalue weighted by Gasteiger charge is 2.33. The monoisotopic (exact) mass is 410 g/mol. The molecule has 1 aliphatic rings. The quantitative estimate of drug-likeness (QED) is 0.665. The van der Waals surface area contributed by atoms with Crippen molar-refractivity contribution in [3.63, 3.8) is 0 Å². The van der Waals surface area contributed by atoms with Gasteiger partial charge in [-0.2, -0.15) is 0 Å². The van der Waals surface area contributed by atoms with Crippen LogP contribution in [0.3, 0.4) is 0 Å². The predicted octanol–water partition coefficient (Wildman–Crippen LogP) is 2.10. The second-order valence-electron chi connectivity index (χ2n) is 6.45. The molecule has 0 saturated heterocycles. The summed E-state index contributed by atoms with van der Waals surface area (Å²) in [5.41, 5.74) is 1.98. The third kappa shape index (κ3) is 3.42. The molecule has 4 rings (SSSR count). The molecule has 0 spiro atoms. The number of thiazole rings is 1. The van der Waals surface area contributed by atoms with Crippen LogP contribution in [0.5, 0.6) is 5.75 Å². The van der Waals surface area contributed by atoms with Gasteiger partial charge in [-0.05, 0) is 43.7 Å². The number of nitrogens with zero attached hydrogens (tertiary/aromatic N) is 2. The molecule has 0 saturated carbocycles. The number of ether oxygens (including phenoxy) is 1. The van der Waals surface area contributed by atoms with E-state index >= 15 is 0 Å². The van der Waals surface area contributed by atoms with Crippen molar-refractivity contribution in [3.8, 4) is 5.75 Å². The van der Waals surface area contributed by atoms with Crippen LogP contribution >= 0.6 is 11.3 Å². The van der Waals surface area contributed by atoms with Crippen LogP contribution in [0.25, 0.3) is 6.08 Å². The zero-order valence-corrected chi connectivity index (χ0v) is 16.6. The van der Waals surface area contributed by atoms with Crippen molar-refractivity contribution in [3.05, 3.63) is 84.9 Å². The number of aromatic hydroxyl groups is 1. The molecule has 29 heavy (non-hydrogen) atoms. The topological polar surface area (TPSA) is 94.0 Å². The number of furan rings is 1. The third-order valence-corrected chi connectivity index (χ3v) is 5.55. The van der Waals surface area contributed by atoms with Crippen LogP contribution < -0.4 is 14.9 Å². The van der Waals surface area contributed by atoms with Crippen LogP contribution in [0.15, 0.2) is 68.3 Å². The van der Waals surface area contributed by atoms with Gasteiger partial charge in [0.15, 0.2) is 4.80 Å². The molecule has 1 aliphatic heterocycles. The first-order valence-electron chi connectivity index (χ1n) is 9.00. The summed E-state index contributed by atoms with van der Waals surface area (Å²) < 4.78 is 12.3. The lowest BCUT2D eigenvalue weighted by atomic mass is 9.96. The summed E-state index contributed by atoms with van der Waals surface area (Å²) in [5, 5.41) is 9.66. The van der Waals surface area contributed by atoms with Crippen LogP contribution in [0.1, 0.15) is 31.0 Å². The number of phenolic OH excluding ortho intramolecular Hbond substituents is 1. The van der Waals surface area contributed by atoms with Crippen molar-refractivity contribution in [1.29, 1.82) is 0 Å². The maximum absolute atomic E-state index is 13.3. The molecule has 1 atom stereocenters. The van der Waals surface area contributed by atoms with Gasteiger partial charge in [-0.25, -0.2) is 9.79 Å². The number of allylic oxidation sites excluding steroid dienone is 1. The average molecular weight is 410 g/mol. The summed E-state index contributed by atoms with van der Waals surface area (Å²) in [6.45, 7) is 3.67. The fraction of sp³-hybridized carbons (Fsp3) is 0.190. The highest BCUT2D eigenvalue weighted by molar-refractivity contribution is 7.07. The SMILES string of the molecule is CCOC(=O)C1=C(C)N=c2sc(=Cc3ccoc3)c(=O)n2C1c1ccc(O)cc1. The molecule has 1 N–H and O–H groups in total. The van der Waals surface area contributed by atoms with Gasteiger partial charge < -0.3 is 14.3 Å². The summed E-state index contributed by atoms with van der Waals surface area (Å²) in [7, 11) is 0. The molecule has 3 heterocycles. The maximum atomic E-state index is 13.3. The fourth-order valence-electron chi connectivity index (χ4n) is 3.27. The number of hydrogen-bond donors (Lipinski definition) is 1. The Labute approximate surface area is 169 Å². The van der Waals surface area contributed by atoms with Crippen molar-refractivity contribution in [2.75, 3.05) is 6.61 Å². The van der Waals surface area contributed by atoms with Crippen LogP contribution in [0.4, 0.5) is 0 Å². The number of phenols is 1. The second kappa shape index (κ2) is 7.56. The van der Waals surface area contributed by atoms with Gasteiger partial charge in [0.1, 0.15) is 5.75 Å². The molecule has 1 aromatic carbocycles. The minimum absolute atomic E-state index is 0.0968. The molecule has 2 aromatic heterocycles. The normalized spacial score (nSPS) is 16.5. The number of benzene rings is 1. The summed E-state index contributed by atoms with van der Waals surface area (Å²) in [6, 6.07) is 7.47. The van der Waals surface area contributed by atoms with Gasteiger partial charge in [0.2, 0.25) is 0 Å². The summed E-state index contributed by atoms with van der Waals surface area (Å²) in [5.74, 6) is -0.421. The second-order valence-corrected chi connectivity index (χ2v) is 7.46. The summed E-state index contributed by atoms with van der Waals surface area (Å²) in [4.78, 5) is 31.0. The van der Waals surface area contributed by atoms with Gasteiger partial charge in [-0.1, -0.05) is 23.5 Å². The molecule has 0 bridgehead atoms. The van der Waals surface area contributed by atoms with E-state index in [2.05, 4.69) is 4.99 Å². The number of rotatable bonds is 4. The van der Waals surface area contributed by atoms with Gasteiger partial charge in [-0.3, -0.25) is 9.36 Å². The Kier molecular flexibility index (Phi) is 4.94. The minimum Gasteiger partial charge on any atom is -0.508 e.